The molecule has 2 N–H and O–H groups in total. The Kier molecular flexibility index (Phi) is 6.29. The first-order valence-electron chi connectivity index (χ1n) is 6.31. The van der Waals surface area contributed by atoms with Crippen molar-refractivity contribution in [2.45, 2.75) is 58.7 Å². The summed E-state index contributed by atoms with van der Waals surface area (Å²) in [4.78, 5) is 23.0. The van der Waals surface area contributed by atoms with Gasteiger partial charge >= 0.3 is 12.1 Å². The molecule has 0 aromatic heterocycles. The van der Waals surface area contributed by atoms with Crippen LogP contribution in [-0.4, -0.2) is 42.9 Å². The van der Waals surface area contributed by atoms with Crippen molar-refractivity contribution in [2.24, 2.45) is 0 Å². The van der Waals surface area contributed by atoms with E-state index >= 15 is 0 Å². The van der Waals surface area contributed by atoms with E-state index in [0.717, 1.165) is 0 Å². The molecule has 0 aliphatic heterocycles. The number of esters is 1. The first-order valence-corrected chi connectivity index (χ1v) is 6.31. The van der Waals surface area contributed by atoms with Crippen LogP contribution in [0, 0.1) is 0 Å². The Labute approximate surface area is 115 Å². The smallest absolute Gasteiger partial charge is 0.407 e. The van der Waals surface area contributed by atoms with Crippen molar-refractivity contribution >= 4 is 12.1 Å². The van der Waals surface area contributed by atoms with E-state index in [2.05, 4.69) is 10.6 Å². The zero-order chi connectivity index (χ0) is 15.3. The van der Waals surface area contributed by atoms with Gasteiger partial charge in [-0.2, -0.15) is 0 Å². The van der Waals surface area contributed by atoms with Gasteiger partial charge < -0.3 is 14.8 Å². The van der Waals surface area contributed by atoms with Crippen LogP contribution < -0.4 is 10.6 Å². The molecule has 0 spiro atoms. The summed E-state index contributed by atoms with van der Waals surface area (Å²) in [6, 6.07) is -0.0957. The molecule has 6 nitrogen and oxygen atoms in total. The van der Waals surface area contributed by atoms with E-state index in [1.807, 2.05) is 6.92 Å². The molecule has 0 fully saturated rings. The maximum Gasteiger partial charge on any atom is 0.407 e. The molecule has 1 atom stereocenters. The number of alkyl carbamates (subject to hydrolysis) is 1. The maximum absolute atomic E-state index is 11.5. The number of amides is 1. The number of carbonyl (C=O) groups excluding carboxylic acids is 2. The van der Waals surface area contributed by atoms with E-state index in [1.165, 1.54) is 7.11 Å². The van der Waals surface area contributed by atoms with Crippen LogP contribution in [0.3, 0.4) is 0 Å². The fourth-order valence-electron chi connectivity index (χ4n) is 1.53. The average molecular weight is 274 g/mol. The molecule has 112 valence electrons. The first-order chi connectivity index (χ1) is 8.48. The number of rotatable bonds is 5. The number of carbonyl (C=O) groups is 2. The molecule has 1 amide bonds. The van der Waals surface area contributed by atoms with E-state index < -0.39 is 17.2 Å². The molecule has 0 aliphatic rings. The normalized spacial score (nSPS) is 13.6. The lowest BCUT2D eigenvalue weighted by Crippen LogP contribution is -2.54. The van der Waals surface area contributed by atoms with Crippen molar-refractivity contribution < 1.29 is 19.1 Å². The molecule has 1 unspecified atom stereocenters. The number of hydrogen-bond donors (Lipinski definition) is 2. The molecule has 0 bridgehead atoms. The van der Waals surface area contributed by atoms with Gasteiger partial charge in [0, 0.05) is 12.6 Å². The third-order valence-electron chi connectivity index (χ3n) is 2.25. The van der Waals surface area contributed by atoms with Crippen molar-refractivity contribution in [1.29, 1.82) is 0 Å². The molecule has 0 heterocycles. The zero-order valence-corrected chi connectivity index (χ0v) is 12.9. The Morgan fingerprint density at radius 2 is 1.68 bits per heavy atom. The van der Waals surface area contributed by atoms with Crippen LogP contribution in [0.4, 0.5) is 4.79 Å². The number of hydrogen-bond acceptors (Lipinski definition) is 5. The fourth-order valence-corrected chi connectivity index (χ4v) is 1.53. The van der Waals surface area contributed by atoms with Crippen LogP contribution in [0.5, 0.6) is 0 Å². The third-order valence-corrected chi connectivity index (χ3v) is 2.25. The second-order valence-electron chi connectivity index (χ2n) is 6.04. The Hall–Kier alpha value is -1.30. The summed E-state index contributed by atoms with van der Waals surface area (Å²) in [6.45, 7) is 11.1. The SMILES string of the molecule is COC(=O)C(C)(C)NC(C)CNC(=O)OC(C)(C)C. The summed E-state index contributed by atoms with van der Waals surface area (Å²) < 4.78 is 9.81. The van der Waals surface area contributed by atoms with Crippen LogP contribution in [-0.2, 0) is 14.3 Å². The molecule has 0 saturated heterocycles. The van der Waals surface area contributed by atoms with E-state index in [9.17, 15) is 9.59 Å². The van der Waals surface area contributed by atoms with Gasteiger partial charge in [0.25, 0.3) is 0 Å². The van der Waals surface area contributed by atoms with Gasteiger partial charge in [-0.3, -0.25) is 10.1 Å². The van der Waals surface area contributed by atoms with Crippen molar-refractivity contribution in [3.8, 4) is 0 Å². The summed E-state index contributed by atoms with van der Waals surface area (Å²) in [5, 5.41) is 5.72. The minimum absolute atomic E-state index is 0.0957. The average Bonchev–Trinajstić information content (AvgIpc) is 2.22. The van der Waals surface area contributed by atoms with Gasteiger partial charge in [0.2, 0.25) is 0 Å². The van der Waals surface area contributed by atoms with Crippen LogP contribution in [0.25, 0.3) is 0 Å². The topological polar surface area (TPSA) is 76.7 Å². The molecular formula is C13H26N2O4. The molecule has 0 saturated carbocycles. The number of methoxy groups -OCH3 is 1. The van der Waals surface area contributed by atoms with Crippen LogP contribution in [0.2, 0.25) is 0 Å². The van der Waals surface area contributed by atoms with Crippen molar-refractivity contribution in [2.75, 3.05) is 13.7 Å². The Balaban J connectivity index is 4.16. The first kappa shape index (κ1) is 17.7. The van der Waals surface area contributed by atoms with Gasteiger partial charge in [-0.05, 0) is 41.5 Å². The summed E-state index contributed by atoms with van der Waals surface area (Å²) in [7, 11) is 1.34. The van der Waals surface area contributed by atoms with Gasteiger partial charge in [-0.1, -0.05) is 0 Å². The summed E-state index contributed by atoms with van der Waals surface area (Å²) in [6.07, 6.45) is -0.475. The predicted octanol–water partition coefficient (Wildman–Crippen LogP) is 1.44. The monoisotopic (exact) mass is 274 g/mol. The second-order valence-corrected chi connectivity index (χ2v) is 6.04. The summed E-state index contributed by atoms with van der Waals surface area (Å²) in [5.74, 6) is -0.350. The summed E-state index contributed by atoms with van der Waals surface area (Å²) >= 11 is 0. The lowest BCUT2D eigenvalue weighted by atomic mass is 10.0. The van der Waals surface area contributed by atoms with E-state index in [4.69, 9.17) is 9.47 Å². The minimum Gasteiger partial charge on any atom is -0.468 e. The number of nitrogens with one attached hydrogen (secondary N) is 2. The highest BCUT2D eigenvalue weighted by molar-refractivity contribution is 5.79. The molecule has 19 heavy (non-hydrogen) atoms. The van der Waals surface area contributed by atoms with Crippen LogP contribution in [0.1, 0.15) is 41.5 Å². The highest BCUT2D eigenvalue weighted by Gasteiger charge is 2.30. The van der Waals surface area contributed by atoms with Gasteiger partial charge in [-0.25, -0.2) is 4.79 Å². The van der Waals surface area contributed by atoms with E-state index in [-0.39, 0.29) is 12.0 Å². The lowest BCUT2D eigenvalue weighted by molar-refractivity contribution is -0.147. The van der Waals surface area contributed by atoms with Crippen molar-refractivity contribution in [3.63, 3.8) is 0 Å². The molecule has 6 heteroatoms. The van der Waals surface area contributed by atoms with E-state index in [1.54, 1.807) is 34.6 Å². The molecule has 0 aromatic rings. The Bertz CT molecular complexity index is 321. The maximum atomic E-state index is 11.5. The van der Waals surface area contributed by atoms with Crippen LogP contribution in [0.15, 0.2) is 0 Å². The summed E-state index contributed by atoms with van der Waals surface area (Å²) in [5.41, 5.74) is -1.32. The van der Waals surface area contributed by atoms with Gasteiger partial charge in [0.05, 0.1) is 7.11 Å². The standard InChI is InChI=1S/C13H26N2O4/c1-9(15-13(5,6)10(16)18-7)8-14-11(17)19-12(2,3)4/h9,15H,8H2,1-7H3,(H,14,17). The highest BCUT2D eigenvalue weighted by atomic mass is 16.6. The highest BCUT2D eigenvalue weighted by Crippen LogP contribution is 2.07. The largest absolute Gasteiger partial charge is 0.468 e. The fraction of sp³-hybridized carbons (Fsp3) is 0.846. The lowest BCUT2D eigenvalue weighted by Gasteiger charge is -2.28. The third kappa shape index (κ3) is 7.66. The van der Waals surface area contributed by atoms with Crippen LogP contribution >= 0.6 is 0 Å². The Morgan fingerprint density at radius 1 is 1.16 bits per heavy atom. The quantitative estimate of drug-likeness (QED) is 0.742. The van der Waals surface area contributed by atoms with E-state index in [0.29, 0.717) is 6.54 Å². The van der Waals surface area contributed by atoms with Gasteiger partial charge in [-0.15, -0.1) is 0 Å². The molecule has 0 rings (SSSR count). The second kappa shape index (κ2) is 6.75. The zero-order valence-electron chi connectivity index (χ0n) is 12.9. The van der Waals surface area contributed by atoms with Crippen molar-refractivity contribution in [1.82, 2.24) is 10.6 Å². The predicted molar refractivity (Wildman–Crippen MR) is 72.9 cm³/mol. The molecule has 0 aromatic carbocycles. The van der Waals surface area contributed by atoms with Crippen molar-refractivity contribution in [3.05, 3.63) is 0 Å². The number of ether oxygens (including phenoxy) is 2. The minimum atomic E-state index is -0.802. The molecule has 0 radical (unpaired) electrons. The van der Waals surface area contributed by atoms with Gasteiger partial charge in [0.15, 0.2) is 0 Å². The Morgan fingerprint density at radius 3 is 2.11 bits per heavy atom. The molecule has 0 aliphatic carbocycles. The van der Waals surface area contributed by atoms with Gasteiger partial charge in [0.1, 0.15) is 11.1 Å². The molecular weight excluding hydrogens is 248 g/mol.